The Morgan fingerprint density at radius 1 is 0.365 bits per heavy atom. The minimum absolute atomic E-state index is 0. The van der Waals surface area contributed by atoms with Crippen LogP contribution < -0.4 is 20.4 Å². The SMILES string of the molecule is Cc1ccc(N=Cc2ccccc2[O-])cc1N=Cc1ccccc1[O-].Cc1ccc(N=Cc2ccccc2[O-])cc1N=Cc1ccccc1[O-].[Co+2].[Co+2]. The van der Waals surface area contributed by atoms with Gasteiger partial charge in [0.25, 0.3) is 0 Å². The summed E-state index contributed by atoms with van der Waals surface area (Å²) in [4.78, 5) is 17.5. The van der Waals surface area contributed by atoms with Crippen LogP contribution >= 0.6 is 0 Å². The number of hydrogen-bond donors (Lipinski definition) is 0. The van der Waals surface area contributed by atoms with E-state index < -0.39 is 0 Å². The van der Waals surface area contributed by atoms with Crippen molar-refractivity contribution in [2.75, 3.05) is 0 Å². The van der Waals surface area contributed by atoms with Gasteiger partial charge in [-0.25, -0.2) is 0 Å². The number of para-hydroxylation sites is 4. The molecule has 0 saturated carbocycles. The van der Waals surface area contributed by atoms with Crippen LogP contribution in [0.1, 0.15) is 33.4 Å². The first kappa shape index (κ1) is 40.6. The fourth-order valence-corrected chi connectivity index (χ4v) is 4.55. The van der Waals surface area contributed by atoms with Crippen molar-refractivity contribution >= 4 is 47.6 Å². The number of aryl methyl sites for hydroxylation is 2. The summed E-state index contributed by atoms with van der Waals surface area (Å²) in [6.07, 6.45) is 6.22. The minimum Gasteiger partial charge on any atom is -0.872 e. The van der Waals surface area contributed by atoms with Gasteiger partial charge in [-0.2, -0.15) is 0 Å². The summed E-state index contributed by atoms with van der Waals surface area (Å²) >= 11 is 0. The monoisotopic (exact) mass is 774 g/mol. The van der Waals surface area contributed by atoms with Crippen LogP contribution in [0, 0.1) is 13.8 Å². The zero-order valence-electron chi connectivity index (χ0n) is 28.1. The molecule has 0 aliphatic rings. The van der Waals surface area contributed by atoms with Crippen LogP contribution in [0.15, 0.2) is 153 Å². The molecule has 2 radical (unpaired) electrons. The maximum atomic E-state index is 11.7. The molecule has 0 aliphatic heterocycles. The van der Waals surface area contributed by atoms with Crippen molar-refractivity contribution in [1.82, 2.24) is 0 Å². The fraction of sp³-hybridized carbons (Fsp3) is 0.0476. The van der Waals surface area contributed by atoms with Gasteiger partial charge in [0.05, 0.1) is 22.7 Å². The zero-order chi connectivity index (χ0) is 35.3. The molecular formula is C42H32Co2N4O4. The van der Waals surface area contributed by atoms with Crippen LogP contribution in [0.3, 0.4) is 0 Å². The third kappa shape index (κ3) is 11.6. The first-order valence-electron chi connectivity index (χ1n) is 15.7. The summed E-state index contributed by atoms with van der Waals surface area (Å²) in [7, 11) is 0. The predicted molar refractivity (Wildman–Crippen MR) is 195 cm³/mol. The van der Waals surface area contributed by atoms with Gasteiger partial charge in [0, 0.05) is 24.9 Å². The van der Waals surface area contributed by atoms with Crippen molar-refractivity contribution in [2.24, 2.45) is 20.0 Å². The molecule has 6 aromatic carbocycles. The molecule has 8 nitrogen and oxygen atoms in total. The summed E-state index contributed by atoms with van der Waals surface area (Å²) in [5.41, 5.74) is 6.94. The average molecular weight is 775 g/mol. The van der Waals surface area contributed by atoms with E-state index in [1.54, 1.807) is 97.7 Å². The molecule has 6 aromatic rings. The summed E-state index contributed by atoms with van der Waals surface area (Å²) in [6, 6.07) is 38.1. The van der Waals surface area contributed by atoms with Crippen LogP contribution in [-0.4, -0.2) is 24.9 Å². The number of aliphatic imine (C=N–C) groups is 4. The maximum Gasteiger partial charge on any atom is 2.00 e. The quantitative estimate of drug-likeness (QED) is 0.150. The van der Waals surface area contributed by atoms with E-state index in [9.17, 15) is 20.4 Å². The van der Waals surface area contributed by atoms with Crippen LogP contribution in [0.5, 0.6) is 23.0 Å². The van der Waals surface area contributed by atoms with Gasteiger partial charge in [-0.1, -0.05) is 109 Å². The standard InChI is InChI=1S/2C21H18N2O2.2Co/c2*1-15-10-11-18(22-13-16-6-2-4-8-20(16)24)12-19(15)23-14-17-7-3-5-9-21(17)25;;/h2*2-14,24-25H,1H3;;/q;;2*+2/p-4. The van der Waals surface area contributed by atoms with Crippen LogP contribution in [0.25, 0.3) is 0 Å². The van der Waals surface area contributed by atoms with E-state index in [2.05, 4.69) is 20.0 Å². The zero-order valence-corrected chi connectivity index (χ0v) is 30.2. The van der Waals surface area contributed by atoms with Crippen molar-refractivity contribution in [3.63, 3.8) is 0 Å². The van der Waals surface area contributed by atoms with Gasteiger partial charge in [-0.15, -0.1) is 23.0 Å². The molecule has 0 atom stereocenters. The molecule has 0 bridgehead atoms. The first-order valence-corrected chi connectivity index (χ1v) is 15.7. The molecule has 262 valence electrons. The molecule has 6 rings (SSSR count). The largest absolute Gasteiger partial charge is 2.00 e. The molecule has 0 heterocycles. The number of hydrogen-bond acceptors (Lipinski definition) is 8. The van der Waals surface area contributed by atoms with Gasteiger partial charge in [0.1, 0.15) is 0 Å². The second-order valence-corrected chi connectivity index (χ2v) is 11.1. The van der Waals surface area contributed by atoms with E-state index >= 15 is 0 Å². The second-order valence-electron chi connectivity index (χ2n) is 11.1. The van der Waals surface area contributed by atoms with Crippen molar-refractivity contribution in [3.05, 3.63) is 167 Å². The molecule has 0 N–H and O–H groups in total. The molecule has 0 amide bonds. The van der Waals surface area contributed by atoms with Gasteiger partial charge in [-0.05, 0) is 71.5 Å². The Labute approximate surface area is 323 Å². The Hall–Kier alpha value is -5.79. The van der Waals surface area contributed by atoms with Gasteiger partial charge in [0.2, 0.25) is 0 Å². The summed E-state index contributed by atoms with van der Waals surface area (Å²) < 4.78 is 0. The van der Waals surface area contributed by atoms with Crippen LogP contribution in [-0.2, 0) is 33.6 Å². The smallest absolute Gasteiger partial charge is 0.872 e. The van der Waals surface area contributed by atoms with Crippen LogP contribution in [0.2, 0.25) is 0 Å². The van der Waals surface area contributed by atoms with E-state index in [1.807, 2.05) is 50.2 Å². The molecule has 0 unspecified atom stereocenters. The summed E-state index contributed by atoms with van der Waals surface area (Å²) in [5, 5.41) is 46.9. The Morgan fingerprint density at radius 3 is 0.923 bits per heavy atom. The topological polar surface area (TPSA) is 142 Å². The van der Waals surface area contributed by atoms with E-state index in [-0.39, 0.29) is 56.6 Å². The molecule has 10 heteroatoms. The van der Waals surface area contributed by atoms with Crippen LogP contribution in [0.4, 0.5) is 22.7 Å². The molecule has 0 aliphatic carbocycles. The van der Waals surface area contributed by atoms with Crippen molar-refractivity contribution in [2.45, 2.75) is 13.8 Å². The molecule has 0 spiro atoms. The maximum absolute atomic E-state index is 11.7. The Balaban J connectivity index is 0.000000270. The number of benzene rings is 6. The summed E-state index contributed by atoms with van der Waals surface area (Å²) in [5.74, 6) is -0.261. The van der Waals surface area contributed by atoms with E-state index in [4.69, 9.17) is 0 Å². The van der Waals surface area contributed by atoms with Gasteiger partial charge < -0.3 is 20.4 Å². The number of nitrogens with zero attached hydrogens (tertiary/aromatic N) is 4. The number of rotatable bonds is 8. The minimum atomic E-state index is -0.0661. The van der Waals surface area contributed by atoms with Gasteiger partial charge >= 0.3 is 33.6 Å². The van der Waals surface area contributed by atoms with Gasteiger partial charge in [-0.3, -0.25) is 20.0 Å². The fourth-order valence-electron chi connectivity index (χ4n) is 4.55. The molecule has 0 fully saturated rings. The second kappa shape index (κ2) is 20.2. The third-order valence-corrected chi connectivity index (χ3v) is 7.45. The Morgan fingerprint density at radius 2 is 0.635 bits per heavy atom. The van der Waals surface area contributed by atoms with E-state index in [0.29, 0.717) is 33.6 Å². The Kier molecular flexibility index (Phi) is 15.8. The van der Waals surface area contributed by atoms with Crippen molar-refractivity contribution < 1.29 is 54.0 Å². The molecule has 0 aromatic heterocycles. The Bertz CT molecular complexity index is 2060. The molecule has 0 saturated heterocycles. The molecule has 52 heavy (non-hydrogen) atoms. The normalized spacial score (nSPS) is 11.0. The average Bonchev–Trinajstić information content (AvgIpc) is 3.12. The predicted octanol–water partition coefficient (Wildman–Crippen LogP) is 7.28. The molecular weight excluding hydrogens is 742 g/mol. The van der Waals surface area contributed by atoms with Crippen molar-refractivity contribution in [3.8, 4) is 23.0 Å². The first-order chi connectivity index (χ1) is 24.3. The van der Waals surface area contributed by atoms with E-state index in [0.717, 1.165) is 22.5 Å². The van der Waals surface area contributed by atoms with Gasteiger partial charge in [0.15, 0.2) is 0 Å². The third-order valence-electron chi connectivity index (χ3n) is 7.45. The summed E-state index contributed by atoms with van der Waals surface area (Å²) in [6.45, 7) is 3.88. The van der Waals surface area contributed by atoms with E-state index in [1.165, 1.54) is 24.3 Å². The van der Waals surface area contributed by atoms with Crippen molar-refractivity contribution in [1.29, 1.82) is 0 Å².